The highest BCUT2D eigenvalue weighted by Crippen LogP contribution is 2.20. The zero-order valence-corrected chi connectivity index (χ0v) is 10.8. The minimum Gasteiger partial charge on any atom is -0.465 e. The summed E-state index contributed by atoms with van der Waals surface area (Å²) < 4.78 is 5.59. The lowest BCUT2D eigenvalue weighted by Gasteiger charge is -2.26. The summed E-state index contributed by atoms with van der Waals surface area (Å²) in [7, 11) is 2.05. The van der Waals surface area contributed by atoms with Gasteiger partial charge in [-0.3, -0.25) is 9.88 Å². The quantitative estimate of drug-likeness (QED) is 0.876. The molecule has 0 saturated heterocycles. The molecule has 0 amide bonds. The van der Waals surface area contributed by atoms with Gasteiger partial charge in [0.2, 0.25) is 0 Å². The van der Waals surface area contributed by atoms with Crippen LogP contribution in [0.1, 0.15) is 23.1 Å². The van der Waals surface area contributed by atoms with Crippen molar-refractivity contribution in [3.05, 3.63) is 53.7 Å². The fourth-order valence-electron chi connectivity index (χ4n) is 2.08. The van der Waals surface area contributed by atoms with Crippen molar-refractivity contribution in [2.45, 2.75) is 19.5 Å². The Hall–Kier alpha value is -1.65. The van der Waals surface area contributed by atoms with Crippen LogP contribution in [0.5, 0.6) is 0 Å². The summed E-state index contributed by atoms with van der Waals surface area (Å²) in [5.74, 6) is 1.90. The Morgan fingerprint density at radius 3 is 2.56 bits per heavy atom. The van der Waals surface area contributed by atoms with E-state index in [2.05, 4.69) is 16.9 Å². The van der Waals surface area contributed by atoms with Gasteiger partial charge in [0.25, 0.3) is 0 Å². The van der Waals surface area contributed by atoms with Crippen molar-refractivity contribution in [2.75, 3.05) is 13.6 Å². The van der Waals surface area contributed by atoms with Gasteiger partial charge in [-0.15, -0.1) is 0 Å². The molecule has 0 aliphatic heterocycles. The van der Waals surface area contributed by atoms with E-state index >= 15 is 0 Å². The maximum atomic E-state index is 5.87. The number of nitrogens with two attached hydrogens (primary N) is 1. The van der Waals surface area contributed by atoms with E-state index in [9.17, 15) is 0 Å². The van der Waals surface area contributed by atoms with E-state index in [-0.39, 0.29) is 6.04 Å². The van der Waals surface area contributed by atoms with Gasteiger partial charge in [0.05, 0.1) is 6.54 Å². The molecule has 2 heterocycles. The van der Waals surface area contributed by atoms with Crippen LogP contribution in [0.4, 0.5) is 0 Å². The second kappa shape index (κ2) is 5.80. The topological polar surface area (TPSA) is 55.3 Å². The minimum atomic E-state index is 0.179. The number of hydrogen-bond acceptors (Lipinski definition) is 4. The van der Waals surface area contributed by atoms with E-state index in [1.165, 1.54) is 5.56 Å². The highest BCUT2D eigenvalue weighted by molar-refractivity contribution is 5.16. The third kappa shape index (κ3) is 2.97. The first kappa shape index (κ1) is 12.8. The number of nitrogens with zero attached hydrogens (tertiary/aromatic N) is 2. The van der Waals surface area contributed by atoms with Crippen molar-refractivity contribution in [2.24, 2.45) is 5.73 Å². The fraction of sp³-hybridized carbons (Fsp3) is 0.357. The standard InChI is InChI=1S/C14H19N3O/c1-11-3-4-13(18-11)10-17(2)14(9-15)12-5-7-16-8-6-12/h3-8,14H,9-10,15H2,1-2H3. The fourth-order valence-corrected chi connectivity index (χ4v) is 2.08. The minimum absolute atomic E-state index is 0.179. The lowest BCUT2D eigenvalue weighted by molar-refractivity contribution is 0.221. The van der Waals surface area contributed by atoms with Crippen molar-refractivity contribution in [3.63, 3.8) is 0 Å². The second-order valence-corrected chi connectivity index (χ2v) is 4.46. The lowest BCUT2D eigenvalue weighted by Crippen LogP contribution is -2.30. The molecule has 0 spiro atoms. The van der Waals surface area contributed by atoms with Gasteiger partial charge in [-0.1, -0.05) is 0 Å². The zero-order valence-electron chi connectivity index (χ0n) is 10.8. The molecule has 2 aromatic rings. The first-order chi connectivity index (χ1) is 8.70. The third-order valence-electron chi connectivity index (χ3n) is 3.05. The van der Waals surface area contributed by atoms with Crippen LogP contribution in [0.15, 0.2) is 41.1 Å². The first-order valence-electron chi connectivity index (χ1n) is 6.06. The molecule has 0 aromatic carbocycles. The third-order valence-corrected chi connectivity index (χ3v) is 3.05. The van der Waals surface area contributed by atoms with E-state index in [1.807, 2.05) is 31.2 Å². The Labute approximate surface area is 107 Å². The molecular weight excluding hydrogens is 226 g/mol. The van der Waals surface area contributed by atoms with E-state index in [4.69, 9.17) is 10.2 Å². The second-order valence-electron chi connectivity index (χ2n) is 4.46. The summed E-state index contributed by atoms with van der Waals surface area (Å²) in [6, 6.07) is 8.17. The Bertz CT molecular complexity index is 481. The highest BCUT2D eigenvalue weighted by Gasteiger charge is 2.16. The Kier molecular flexibility index (Phi) is 4.12. The number of rotatable bonds is 5. The van der Waals surface area contributed by atoms with Gasteiger partial charge in [-0.25, -0.2) is 0 Å². The van der Waals surface area contributed by atoms with Crippen LogP contribution < -0.4 is 5.73 Å². The molecule has 2 rings (SSSR count). The van der Waals surface area contributed by atoms with Crippen LogP contribution in [0.3, 0.4) is 0 Å². The molecular formula is C14H19N3O. The molecule has 96 valence electrons. The molecule has 2 N–H and O–H groups in total. The maximum absolute atomic E-state index is 5.87. The van der Waals surface area contributed by atoms with Gasteiger partial charge >= 0.3 is 0 Å². The van der Waals surface area contributed by atoms with Gasteiger partial charge in [0.1, 0.15) is 11.5 Å². The molecule has 18 heavy (non-hydrogen) atoms. The Morgan fingerprint density at radius 1 is 1.28 bits per heavy atom. The summed E-state index contributed by atoms with van der Waals surface area (Å²) in [5.41, 5.74) is 7.05. The van der Waals surface area contributed by atoms with Crippen LogP contribution in [0.25, 0.3) is 0 Å². The molecule has 0 aliphatic carbocycles. The van der Waals surface area contributed by atoms with Gasteiger partial charge in [0, 0.05) is 25.0 Å². The molecule has 1 atom stereocenters. The van der Waals surface area contributed by atoms with Crippen molar-refractivity contribution < 1.29 is 4.42 Å². The van der Waals surface area contributed by atoms with E-state index in [0.29, 0.717) is 6.54 Å². The molecule has 1 unspecified atom stereocenters. The van der Waals surface area contributed by atoms with Crippen LogP contribution in [-0.4, -0.2) is 23.5 Å². The molecule has 0 radical (unpaired) electrons. The number of aryl methyl sites for hydroxylation is 1. The highest BCUT2D eigenvalue weighted by atomic mass is 16.3. The van der Waals surface area contributed by atoms with Crippen molar-refractivity contribution in [1.29, 1.82) is 0 Å². The monoisotopic (exact) mass is 245 g/mol. The van der Waals surface area contributed by atoms with Crippen molar-refractivity contribution in [1.82, 2.24) is 9.88 Å². The largest absolute Gasteiger partial charge is 0.465 e. The summed E-state index contributed by atoms with van der Waals surface area (Å²) >= 11 is 0. The van der Waals surface area contributed by atoms with Gasteiger partial charge in [-0.2, -0.15) is 0 Å². The Balaban J connectivity index is 2.08. The maximum Gasteiger partial charge on any atom is 0.118 e. The molecule has 0 bridgehead atoms. The molecule has 2 aromatic heterocycles. The average Bonchev–Trinajstić information content (AvgIpc) is 2.77. The molecule has 0 saturated carbocycles. The van der Waals surface area contributed by atoms with Crippen LogP contribution in [-0.2, 0) is 6.54 Å². The smallest absolute Gasteiger partial charge is 0.118 e. The normalized spacial score (nSPS) is 12.9. The van der Waals surface area contributed by atoms with E-state index < -0.39 is 0 Å². The summed E-state index contributed by atoms with van der Waals surface area (Å²) in [5, 5.41) is 0. The average molecular weight is 245 g/mol. The molecule has 0 fully saturated rings. The van der Waals surface area contributed by atoms with Crippen LogP contribution in [0.2, 0.25) is 0 Å². The number of likely N-dealkylation sites (N-methyl/N-ethyl adjacent to an activating group) is 1. The van der Waals surface area contributed by atoms with Crippen LogP contribution >= 0.6 is 0 Å². The van der Waals surface area contributed by atoms with Gasteiger partial charge in [-0.05, 0) is 43.8 Å². The summed E-state index contributed by atoms with van der Waals surface area (Å²) in [6.45, 7) is 3.27. The zero-order chi connectivity index (χ0) is 13.0. The SMILES string of the molecule is Cc1ccc(CN(C)C(CN)c2ccncc2)o1. The predicted molar refractivity (Wildman–Crippen MR) is 70.9 cm³/mol. The predicted octanol–water partition coefficient (Wildman–Crippen LogP) is 2.11. The van der Waals surface area contributed by atoms with Crippen LogP contribution in [0, 0.1) is 6.92 Å². The van der Waals surface area contributed by atoms with E-state index in [1.54, 1.807) is 12.4 Å². The lowest BCUT2D eigenvalue weighted by atomic mass is 10.1. The molecule has 4 heteroatoms. The number of furan rings is 1. The first-order valence-corrected chi connectivity index (χ1v) is 6.06. The molecule has 4 nitrogen and oxygen atoms in total. The van der Waals surface area contributed by atoms with Gasteiger partial charge < -0.3 is 10.2 Å². The number of aromatic nitrogens is 1. The van der Waals surface area contributed by atoms with Crippen molar-refractivity contribution in [3.8, 4) is 0 Å². The number of hydrogen-bond donors (Lipinski definition) is 1. The van der Waals surface area contributed by atoms with Gasteiger partial charge in [0.15, 0.2) is 0 Å². The summed E-state index contributed by atoms with van der Waals surface area (Å²) in [6.07, 6.45) is 3.59. The van der Waals surface area contributed by atoms with Crippen molar-refractivity contribution >= 4 is 0 Å². The van der Waals surface area contributed by atoms with E-state index in [0.717, 1.165) is 18.1 Å². The Morgan fingerprint density at radius 2 is 2.00 bits per heavy atom. The molecule has 0 aliphatic rings. The summed E-state index contributed by atoms with van der Waals surface area (Å²) in [4.78, 5) is 6.22. The number of pyridine rings is 1.